The number of hydrogen-bond donors (Lipinski definition) is 1. The minimum absolute atomic E-state index is 0.0962. The third kappa shape index (κ3) is 5.15. The first kappa shape index (κ1) is 21.1. The molecule has 31 heavy (non-hydrogen) atoms. The van der Waals surface area contributed by atoms with Crippen molar-refractivity contribution in [3.05, 3.63) is 59.9 Å². The van der Waals surface area contributed by atoms with Crippen molar-refractivity contribution in [2.24, 2.45) is 4.40 Å². The van der Waals surface area contributed by atoms with E-state index in [0.717, 1.165) is 23.5 Å². The molecule has 160 valence electrons. The van der Waals surface area contributed by atoms with E-state index in [-0.39, 0.29) is 17.2 Å². The minimum Gasteiger partial charge on any atom is -0.362 e. The number of hydrogen-bond acceptors (Lipinski definition) is 6. The van der Waals surface area contributed by atoms with Gasteiger partial charge in [-0.05, 0) is 42.8 Å². The molecule has 0 spiro atoms. The summed E-state index contributed by atoms with van der Waals surface area (Å²) in [5.41, 5.74) is 2.08. The molecular formula is C21H21N5O3S2. The molecule has 0 saturated carbocycles. The van der Waals surface area contributed by atoms with Crippen molar-refractivity contribution in [1.29, 1.82) is 0 Å². The molecule has 0 bridgehead atoms. The van der Waals surface area contributed by atoms with Crippen molar-refractivity contribution in [3.63, 3.8) is 0 Å². The van der Waals surface area contributed by atoms with E-state index in [9.17, 15) is 13.2 Å². The van der Waals surface area contributed by atoms with E-state index in [4.69, 9.17) is 0 Å². The molecule has 0 aliphatic carbocycles. The molecule has 3 aromatic rings. The lowest BCUT2D eigenvalue weighted by molar-refractivity contribution is -0.115. The summed E-state index contributed by atoms with van der Waals surface area (Å²) in [5.74, 6) is 0.345. The highest BCUT2D eigenvalue weighted by molar-refractivity contribution is 7.90. The summed E-state index contributed by atoms with van der Waals surface area (Å²) in [7, 11) is -1.94. The largest absolute Gasteiger partial charge is 0.362 e. The molecule has 1 N–H and O–H groups in total. The number of amides is 1. The molecule has 1 aliphatic heterocycles. The van der Waals surface area contributed by atoms with E-state index in [1.165, 1.54) is 23.5 Å². The van der Waals surface area contributed by atoms with Gasteiger partial charge in [0, 0.05) is 49.0 Å². The molecule has 0 unspecified atom stereocenters. The number of aromatic nitrogens is 2. The van der Waals surface area contributed by atoms with Gasteiger partial charge in [-0.15, -0.1) is 15.7 Å². The van der Waals surface area contributed by atoms with E-state index >= 15 is 0 Å². The number of sulfonamides is 1. The number of thiazole rings is 1. The molecule has 1 aromatic carbocycles. The molecule has 0 radical (unpaired) electrons. The number of likely N-dealkylation sites (tertiary alicyclic amines) is 1. The number of benzene rings is 1. The Kier molecular flexibility index (Phi) is 6.10. The fourth-order valence-electron chi connectivity index (χ4n) is 3.19. The molecule has 1 saturated heterocycles. The first-order valence-electron chi connectivity index (χ1n) is 9.70. The van der Waals surface area contributed by atoms with Crippen LogP contribution in [0.25, 0.3) is 10.6 Å². The van der Waals surface area contributed by atoms with Gasteiger partial charge in [0.25, 0.3) is 10.0 Å². The fourth-order valence-corrected chi connectivity index (χ4v) is 5.10. The van der Waals surface area contributed by atoms with Crippen LogP contribution in [-0.4, -0.2) is 48.6 Å². The van der Waals surface area contributed by atoms with Crippen molar-refractivity contribution in [2.45, 2.75) is 24.2 Å². The average Bonchev–Trinajstić information content (AvgIpc) is 3.38. The van der Waals surface area contributed by atoms with E-state index in [0.29, 0.717) is 23.6 Å². The zero-order valence-electron chi connectivity index (χ0n) is 16.9. The highest BCUT2D eigenvalue weighted by Crippen LogP contribution is 2.23. The molecule has 8 nitrogen and oxygen atoms in total. The van der Waals surface area contributed by atoms with Gasteiger partial charge in [0.05, 0.1) is 17.0 Å². The van der Waals surface area contributed by atoms with Crippen molar-refractivity contribution in [1.82, 2.24) is 14.9 Å². The summed E-state index contributed by atoms with van der Waals surface area (Å²) in [4.78, 5) is 22.9. The van der Waals surface area contributed by atoms with Gasteiger partial charge in [-0.3, -0.25) is 9.78 Å². The number of carbonyl (C=O) groups is 1. The van der Waals surface area contributed by atoms with Crippen LogP contribution in [0.2, 0.25) is 0 Å². The van der Waals surface area contributed by atoms with E-state index < -0.39 is 10.0 Å². The number of pyridine rings is 1. The van der Waals surface area contributed by atoms with Crippen molar-refractivity contribution >= 4 is 38.8 Å². The van der Waals surface area contributed by atoms with Crippen LogP contribution in [0.4, 0.5) is 5.69 Å². The SMILES string of the molecule is CN1CCC/C1=N\S(=O)(=O)c1ccc(NC(=O)Cc2csc(-c3cccnc3)n2)cc1. The Labute approximate surface area is 184 Å². The molecule has 1 aliphatic rings. The van der Waals surface area contributed by atoms with Gasteiger partial charge in [0.2, 0.25) is 5.91 Å². The van der Waals surface area contributed by atoms with E-state index in [1.54, 1.807) is 24.5 Å². The lowest BCUT2D eigenvalue weighted by Crippen LogP contribution is -2.20. The summed E-state index contributed by atoms with van der Waals surface area (Å²) < 4.78 is 29.0. The Balaban J connectivity index is 1.39. The third-order valence-electron chi connectivity index (χ3n) is 4.80. The quantitative estimate of drug-likeness (QED) is 0.612. The maximum atomic E-state index is 12.5. The second-order valence-electron chi connectivity index (χ2n) is 7.14. The van der Waals surface area contributed by atoms with Crippen molar-refractivity contribution < 1.29 is 13.2 Å². The maximum Gasteiger partial charge on any atom is 0.283 e. The van der Waals surface area contributed by atoms with Crippen LogP contribution in [0.3, 0.4) is 0 Å². The van der Waals surface area contributed by atoms with Crippen LogP contribution < -0.4 is 5.32 Å². The predicted molar refractivity (Wildman–Crippen MR) is 121 cm³/mol. The summed E-state index contributed by atoms with van der Waals surface area (Å²) in [6.07, 6.45) is 5.11. The van der Waals surface area contributed by atoms with Gasteiger partial charge in [-0.1, -0.05) is 0 Å². The standard InChI is InChI=1S/C21H21N5O3S2/c1-26-11-3-5-19(26)25-31(28,29)18-8-6-16(7-9-18)23-20(27)12-17-14-30-21(24-17)15-4-2-10-22-13-15/h2,4,6-10,13-14H,3,5,11-12H2,1H3,(H,23,27)/b25-19+. The zero-order valence-corrected chi connectivity index (χ0v) is 18.5. The fraction of sp³-hybridized carbons (Fsp3) is 0.238. The molecule has 3 heterocycles. The summed E-state index contributed by atoms with van der Waals surface area (Å²) in [6.45, 7) is 0.808. The molecule has 1 amide bonds. The third-order valence-corrected chi connectivity index (χ3v) is 7.06. The van der Waals surface area contributed by atoms with E-state index in [2.05, 4.69) is 19.7 Å². The van der Waals surface area contributed by atoms with Crippen molar-refractivity contribution in [3.8, 4) is 10.6 Å². The molecular weight excluding hydrogens is 434 g/mol. The van der Waals surface area contributed by atoms with Crippen LogP contribution in [0.1, 0.15) is 18.5 Å². The number of carbonyl (C=O) groups excluding carboxylic acids is 1. The Morgan fingerprint density at radius 1 is 1.26 bits per heavy atom. The van der Waals surface area contributed by atoms with Crippen LogP contribution in [-0.2, 0) is 21.2 Å². The number of nitrogens with zero attached hydrogens (tertiary/aromatic N) is 4. The van der Waals surface area contributed by atoms with Crippen molar-refractivity contribution in [2.75, 3.05) is 18.9 Å². The minimum atomic E-state index is -3.77. The van der Waals surface area contributed by atoms with Crippen LogP contribution in [0, 0.1) is 0 Å². The highest BCUT2D eigenvalue weighted by atomic mass is 32.2. The van der Waals surface area contributed by atoms with E-state index in [1.807, 2.05) is 29.5 Å². The lowest BCUT2D eigenvalue weighted by Gasteiger charge is -2.11. The van der Waals surface area contributed by atoms with Gasteiger partial charge in [0.1, 0.15) is 10.8 Å². The molecule has 2 aromatic heterocycles. The summed E-state index contributed by atoms with van der Waals surface area (Å²) >= 11 is 1.45. The van der Waals surface area contributed by atoms with Crippen LogP contribution >= 0.6 is 11.3 Å². The van der Waals surface area contributed by atoms with Gasteiger partial charge in [-0.2, -0.15) is 8.42 Å². The topological polar surface area (TPSA) is 105 Å². The maximum absolute atomic E-state index is 12.5. The second kappa shape index (κ2) is 8.94. The Morgan fingerprint density at radius 3 is 2.74 bits per heavy atom. The number of anilines is 1. The molecule has 10 heteroatoms. The van der Waals surface area contributed by atoms with Gasteiger partial charge >= 0.3 is 0 Å². The Hall–Kier alpha value is -3.11. The summed E-state index contributed by atoms with van der Waals surface area (Å²) in [5, 5.41) is 5.42. The second-order valence-corrected chi connectivity index (χ2v) is 9.60. The summed E-state index contributed by atoms with van der Waals surface area (Å²) in [6, 6.07) is 9.78. The Bertz CT molecular complexity index is 1210. The Morgan fingerprint density at radius 2 is 2.06 bits per heavy atom. The predicted octanol–water partition coefficient (Wildman–Crippen LogP) is 3.20. The smallest absolute Gasteiger partial charge is 0.283 e. The first-order chi connectivity index (χ1) is 14.9. The zero-order chi connectivity index (χ0) is 21.8. The first-order valence-corrected chi connectivity index (χ1v) is 12.0. The van der Waals surface area contributed by atoms with Crippen LogP contribution in [0.5, 0.6) is 0 Å². The molecule has 4 rings (SSSR count). The number of nitrogens with one attached hydrogen (secondary N) is 1. The van der Waals surface area contributed by atoms with Crippen LogP contribution in [0.15, 0.2) is 63.5 Å². The molecule has 0 atom stereocenters. The lowest BCUT2D eigenvalue weighted by atomic mass is 10.2. The number of rotatable bonds is 6. The average molecular weight is 456 g/mol. The monoisotopic (exact) mass is 455 g/mol. The number of amidine groups is 1. The highest BCUT2D eigenvalue weighted by Gasteiger charge is 2.20. The van der Waals surface area contributed by atoms with Gasteiger partial charge in [0.15, 0.2) is 0 Å². The van der Waals surface area contributed by atoms with Gasteiger partial charge < -0.3 is 10.2 Å². The van der Waals surface area contributed by atoms with Gasteiger partial charge in [-0.25, -0.2) is 4.98 Å². The normalized spacial score (nSPS) is 15.4. The molecule has 1 fully saturated rings.